The van der Waals surface area contributed by atoms with Crippen LogP contribution in [-0.4, -0.2) is 37.0 Å². The molecule has 1 aliphatic rings. The molecule has 0 bridgehead atoms. The van der Waals surface area contributed by atoms with Crippen LogP contribution < -0.4 is 5.32 Å². The second-order valence-corrected chi connectivity index (χ2v) is 8.01. The van der Waals surface area contributed by atoms with E-state index in [-0.39, 0.29) is 36.4 Å². The lowest BCUT2D eigenvalue weighted by molar-refractivity contribution is -0.142. The number of ether oxygens (including phenoxy) is 1. The maximum Gasteiger partial charge on any atom is 0.249 e. The molecule has 3 rings (SSSR count). The standard InChI is InChI=1S/C25H32N2O3/c1-4-19-10-12-21(13-11-19)23-15-14-22(16-27(23)24(28)17-30-3)25(29)26-18(2)20-8-6-5-7-9-20/h5-13,18,22-23H,4,14-17H2,1-3H3,(H,26,29). The number of methoxy groups -OCH3 is 1. The number of hydrogen-bond donors (Lipinski definition) is 1. The molecule has 2 amide bonds. The van der Waals surface area contributed by atoms with Crippen molar-refractivity contribution in [1.29, 1.82) is 0 Å². The molecule has 0 radical (unpaired) electrons. The average molecular weight is 409 g/mol. The van der Waals surface area contributed by atoms with Crippen LogP contribution in [0.5, 0.6) is 0 Å². The van der Waals surface area contributed by atoms with E-state index in [0.717, 1.165) is 30.4 Å². The van der Waals surface area contributed by atoms with Gasteiger partial charge in [-0.3, -0.25) is 9.59 Å². The highest BCUT2D eigenvalue weighted by atomic mass is 16.5. The fourth-order valence-corrected chi connectivity index (χ4v) is 4.15. The Morgan fingerprint density at radius 3 is 2.43 bits per heavy atom. The largest absolute Gasteiger partial charge is 0.375 e. The van der Waals surface area contributed by atoms with E-state index in [9.17, 15) is 9.59 Å². The van der Waals surface area contributed by atoms with Gasteiger partial charge in [0.1, 0.15) is 6.61 Å². The normalized spacial score (nSPS) is 19.9. The molecule has 0 saturated carbocycles. The summed E-state index contributed by atoms with van der Waals surface area (Å²) in [4.78, 5) is 27.6. The van der Waals surface area contributed by atoms with Crippen molar-refractivity contribution in [3.05, 3.63) is 71.3 Å². The molecule has 0 aromatic heterocycles. The SMILES string of the molecule is CCc1ccc(C2CCC(C(=O)NC(C)c3ccccc3)CN2C(=O)COC)cc1. The number of hydrogen-bond acceptors (Lipinski definition) is 3. The Hall–Kier alpha value is -2.66. The number of nitrogens with zero attached hydrogens (tertiary/aromatic N) is 1. The van der Waals surface area contributed by atoms with Gasteiger partial charge in [-0.2, -0.15) is 0 Å². The number of nitrogens with one attached hydrogen (secondary N) is 1. The van der Waals surface area contributed by atoms with E-state index in [0.29, 0.717) is 6.54 Å². The minimum atomic E-state index is -0.219. The van der Waals surface area contributed by atoms with E-state index in [4.69, 9.17) is 4.74 Å². The molecule has 1 heterocycles. The molecule has 3 unspecified atom stereocenters. The van der Waals surface area contributed by atoms with Gasteiger partial charge in [0.15, 0.2) is 0 Å². The van der Waals surface area contributed by atoms with E-state index < -0.39 is 0 Å². The maximum atomic E-state index is 13.0. The third-order valence-electron chi connectivity index (χ3n) is 5.97. The zero-order valence-electron chi connectivity index (χ0n) is 18.1. The van der Waals surface area contributed by atoms with Crippen LogP contribution in [0.15, 0.2) is 54.6 Å². The lowest BCUT2D eigenvalue weighted by atomic mass is 9.87. The number of aryl methyl sites for hydroxylation is 1. The third-order valence-corrected chi connectivity index (χ3v) is 5.97. The van der Waals surface area contributed by atoms with Gasteiger partial charge in [-0.05, 0) is 42.9 Å². The lowest BCUT2D eigenvalue weighted by Crippen LogP contribution is -2.48. The molecule has 1 saturated heterocycles. The summed E-state index contributed by atoms with van der Waals surface area (Å²) >= 11 is 0. The van der Waals surface area contributed by atoms with Gasteiger partial charge in [-0.1, -0.05) is 61.5 Å². The monoisotopic (exact) mass is 408 g/mol. The highest BCUT2D eigenvalue weighted by Gasteiger charge is 2.35. The predicted octanol–water partition coefficient (Wildman–Crippen LogP) is 4.05. The zero-order valence-corrected chi connectivity index (χ0v) is 18.1. The summed E-state index contributed by atoms with van der Waals surface area (Å²) in [7, 11) is 1.53. The Balaban J connectivity index is 1.72. The van der Waals surface area contributed by atoms with Gasteiger partial charge in [0.05, 0.1) is 18.0 Å². The highest BCUT2D eigenvalue weighted by Crippen LogP contribution is 2.34. The van der Waals surface area contributed by atoms with Crippen LogP contribution in [0.1, 0.15) is 55.5 Å². The van der Waals surface area contributed by atoms with Crippen molar-refractivity contribution >= 4 is 11.8 Å². The first kappa shape index (κ1) is 22.0. The zero-order chi connectivity index (χ0) is 21.5. The molecule has 30 heavy (non-hydrogen) atoms. The summed E-state index contributed by atoms with van der Waals surface area (Å²) in [6, 6.07) is 18.3. The van der Waals surface area contributed by atoms with Gasteiger partial charge in [0.2, 0.25) is 11.8 Å². The smallest absolute Gasteiger partial charge is 0.249 e. The van der Waals surface area contributed by atoms with Crippen LogP contribution in [0.2, 0.25) is 0 Å². The Kier molecular flexibility index (Phi) is 7.63. The van der Waals surface area contributed by atoms with Gasteiger partial charge >= 0.3 is 0 Å². The van der Waals surface area contributed by atoms with E-state index in [1.54, 1.807) is 0 Å². The number of benzene rings is 2. The van der Waals surface area contributed by atoms with Crippen molar-refractivity contribution in [1.82, 2.24) is 10.2 Å². The molecule has 2 aromatic carbocycles. The third kappa shape index (κ3) is 5.28. The molecule has 3 atom stereocenters. The molecule has 5 nitrogen and oxygen atoms in total. The minimum Gasteiger partial charge on any atom is -0.375 e. The summed E-state index contributed by atoms with van der Waals surface area (Å²) < 4.78 is 5.10. The fraction of sp³-hybridized carbons (Fsp3) is 0.440. The van der Waals surface area contributed by atoms with Gasteiger partial charge in [-0.25, -0.2) is 0 Å². The first-order chi connectivity index (χ1) is 14.5. The van der Waals surface area contributed by atoms with Crippen LogP contribution in [-0.2, 0) is 20.7 Å². The Labute approximate surface area is 179 Å². The maximum absolute atomic E-state index is 13.0. The van der Waals surface area contributed by atoms with Crippen LogP contribution >= 0.6 is 0 Å². The highest BCUT2D eigenvalue weighted by molar-refractivity contribution is 5.82. The summed E-state index contributed by atoms with van der Waals surface area (Å²) in [6.07, 6.45) is 2.50. The van der Waals surface area contributed by atoms with E-state index in [1.165, 1.54) is 12.7 Å². The second kappa shape index (κ2) is 10.4. The van der Waals surface area contributed by atoms with E-state index in [2.05, 4.69) is 36.5 Å². The number of likely N-dealkylation sites (tertiary alicyclic amines) is 1. The van der Waals surface area contributed by atoms with Crippen LogP contribution in [0, 0.1) is 5.92 Å². The van der Waals surface area contributed by atoms with Crippen LogP contribution in [0.25, 0.3) is 0 Å². The van der Waals surface area contributed by atoms with Crippen LogP contribution in [0.4, 0.5) is 0 Å². The predicted molar refractivity (Wildman–Crippen MR) is 118 cm³/mol. The molecule has 160 valence electrons. The molecular formula is C25H32N2O3. The van der Waals surface area contributed by atoms with Crippen molar-refractivity contribution in [3.8, 4) is 0 Å². The van der Waals surface area contributed by atoms with Crippen LogP contribution in [0.3, 0.4) is 0 Å². The summed E-state index contributed by atoms with van der Waals surface area (Å²) in [6.45, 7) is 4.56. The van der Waals surface area contributed by atoms with E-state index >= 15 is 0 Å². The fourth-order valence-electron chi connectivity index (χ4n) is 4.15. The molecule has 1 aliphatic heterocycles. The molecule has 1 N–H and O–H groups in total. The molecule has 0 aliphatic carbocycles. The van der Waals surface area contributed by atoms with Crippen molar-refractivity contribution in [2.75, 3.05) is 20.3 Å². The summed E-state index contributed by atoms with van der Waals surface area (Å²) in [5.41, 5.74) is 3.47. The lowest BCUT2D eigenvalue weighted by Gasteiger charge is -2.39. The van der Waals surface area contributed by atoms with Gasteiger partial charge in [0, 0.05) is 13.7 Å². The Morgan fingerprint density at radius 2 is 1.80 bits per heavy atom. The van der Waals surface area contributed by atoms with Gasteiger partial charge < -0.3 is 15.0 Å². The number of rotatable bonds is 7. The molecule has 0 spiro atoms. The molecule has 1 fully saturated rings. The quantitative estimate of drug-likeness (QED) is 0.752. The van der Waals surface area contributed by atoms with E-state index in [1.807, 2.05) is 42.2 Å². The average Bonchev–Trinajstić information content (AvgIpc) is 2.79. The topological polar surface area (TPSA) is 58.6 Å². The first-order valence-corrected chi connectivity index (χ1v) is 10.8. The number of piperidine rings is 1. The van der Waals surface area contributed by atoms with Crippen molar-refractivity contribution in [2.24, 2.45) is 5.92 Å². The minimum absolute atomic E-state index is 0.00125. The number of amides is 2. The van der Waals surface area contributed by atoms with Gasteiger partial charge in [-0.15, -0.1) is 0 Å². The molecular weight excluding hydrogens is 376 g/mol. The Morgan fingerprint density at radius 1 is 1.10 bits per heavy atom. The van der Waals surface area contributed by atoms with Crippen molar-refractivity contribution in [3.63, 3.8) is 0 Å². The van der Waals surface area contributed by atoms with Gasteiger partial charge in [0.25, 0.3) is 0 Å². The van der Waals surface area contributed by atoms with Crippen molar-refractivity contribution in [2.45, 2.75) is 45.2 Å². The summed E-state index contributed by atoms with van der Waals surface area (Å²) in [5.74, 6) is -0.292. The number of carbonyl (C=O) groups excluding carboxylic acids is 2. The molecule has 5 heteroatoms. The Bertz CT molecular complexity index is 835. The summed E-state index contributed by atoms with van der Waals surface area (Å²) in [5, 5.41) is 3.12. The molecule has 2 aromatic rings. The van der Waals surface area contributed by atoms with Crippen molar-refractivity contribution < 1.29 is 14.3 Å². The first-order valence-electron chi connectivity index (χ1n) is 10.8. The number of carbonyl (C=O) groups is 2. The second-order valence-electron chi connectivity index (χ2n) is 8.01.